The zero-order chi connectivity index (χ0) is 14.0. The Bertz CT molecular complexity index is 599. The number of aliphatic hydroxyl groups is 1. The van der Waals surface area contributed by atoms with E-state index in [-0.39, 0.29) is 22.6 Å². The maximum Gasteiger partial charge on any atom is 0.416 e. The number of carbonyl (C=O) groups is 1. The van der Waals surface area contributed by atoms with Crippen LogP contribution in [0, 0.1) is 0 Å². The summed E-state index contributed by atoms with van der Waals surface area (Å²) in [5.41, 5.74) is -1.08. The van der Waals surface area contributed by atoms with Gasteiger partial charge in [-0.1, -0.05) is 12.1 Å². The van der Waals surface area contributed by atoms with E-state index in [0.29, 0.717) is 6.29 Å². The molecular formula is C13H9F3O3. The molecule has 0 aliphatic carbocycles. The Hall–Kier alpha value is -2.08. The van der Waals surface area contributed by atoms with Gasteiger partial charge in [0.1, 0.15) is 5.76 Å². The van der Waals surface area contributed by atoms with Crippen LogP contribution in [0.4, 0.5) is 13.2 Å². The van der Waals surface area contributed by atoms with E-state index in [9.17, 15) is 23.1 Å². The van der Waals surface area contributed by atoms with Crippen LogP contribution in [0.5, 0.6) is 0 Å². The molecule has 0 bridgehead atoms. The minimum absolute atomic E-state index is 0.0105. The van der Waals surface area contributed by atoms with Gasteiger partial charge >= 0.3 is 6.18 Å². The van der Waals surface area contributed by atoms with Crippen LogP contribution in [0.15, 0.2) is 34.7 Å². The van der Waals surface area contributed by atoms with Crippen LogP contribution >= 0.6 is 0 Å². The molecule has 0 radical (unpaired) electrons. The number of hydrogen-bond acceptors (Lipinski definition) is 3. The summed E-state index contributed by atoms with van der Waals surface area (Å²) >= 11 is 0. The highest BCUT2D eigenvalue weighted by Crippen LogP contribution is 2.37. The van der Waals surface area contributed by atoms with E-state index in [4.69, 9.17) is 4.42 Å². The smallest absolute Gasteiger partial charge is 0.416 e. The molecule has 1 heterocycles. The lowest BCUT2D eigenvalue weighted by molar-refractivity contribution is -0.138. The predicted octanol–water partition coefficient (Wildman–Crippen LogP) is 3.27. The highest BCUT2D eigenvalue weighted by atomic mass is 19.4. The molecule has 0 saturated heterocycles. The highest BCUT2D eigenvalue weighted by Gasteiger charge is 2.34. The largest absolute Gasteiger partial charge is 0.453 e. The molecule has 0 amide bonds. The molecule has 0 atom stereocenters. The molecular weight excluding hydrogens is 261 g/mol. The molecule has 0 aliphatic heterocycles. The fourth-order valence-electron chi connectivity index (χ4n) is 1.81. The Kier molecular flexibility index (Phi) is 3.44. The number of rotatable bonds is 3. The van der Waals surface area contributed by atoms with Crippen LogP contribution in [0.2, 0.25) is 0 Å². The van der Waals surface area contributed by atoms with Crippen LogP contribution in [-0.4, -0.2) is 11.4 Å². The zero-order valence-electron chi connectivity index (χ0n) is 9.57. The summed E-state index contributed by atoms with van der Waals surface area (Å²) in [5.74, 6) is 0.119. The number of hydrogen-bond donors (Lipinski definition) is 1. The monoisotopic (exact) mass is 270 g/mol. The first-order valence-electron chi connectivity index (χ1n) is 5.32. The number of aldehydes is 1. The molecule has 6 heteroatoms. The van der Waals surface area contributed by atoms with Crippen molar-refractivity contribution in [2.24, 2.45) is 0 Å². The van der Waals surface area contributed by atoms with Crippen molar-refractivity contribution in [3.8, 4) is 11.3 Å². The third kappa shape index (κ3) is 2.53. The zero-order valence-corrected chi connectivity index (χ0v) is 9.57. The lowest BCUT2D eigenvalue weighted by Gasteiger charge is -2.14. The molecule has 0 aliphatic rings. The topological polar surface area (TPSA) is 50.4 Å². The summed E-state index contributed by atoms with van der Waals surface area (Å²) in [5, 5.41) is 9.18. The van der Waals surface area contributed by atoms with Crippen molar-refractivity contribution < 1.29 is 27.5 Å². The molecule has 0 fully saturated rings. The maximum atomic E-state index is 12.8. The quantitative estimate of drug-likeness (QED) is 0.871. The van der Waals surface area contributed by atoms with Gasteiger partial charge in [-0.05, 0) is 18.2 Å². The number of aliphatic hydroxyl groups excluding tert-OH is 1. The second kappa shape index (κ2) is 4.89. The van der Waals surface area contributed by atoms with Crippen LogP contribution in [0.1, 0.15) is 21.7 Å². The van der Waals surface area contributed by atoms with Crippen molar-refractivity contribution >= 4 is 6.29 Å². The number of alkyl halides is 3. The van der Waals surface area contributed by atoms with Crippen molar-refractivity contribution in [2.75, 3.05) is 0 Å². The van der Waals surface area contributed by atoms with Gasteiger partial charge in [-0.2, -0.15) is 13.2 Å². The molecule has 0 unspecified atom stereocenters. The van der Waals surface area contributed by atoms with E-state index in [2.05, 4.69) is 0 Å². The number of furan rings is 1. The first-order chi connectivity index (χ1) is 8.97. The normalized spacial score (nSPS) is 11.6. The summed E-state index contributed by atoms with van der Waals surface area (Å²) in [6.45, 7) is -0.776. The van der Waals surface area contributed by atoms with Crippen LogP contribution in [0.25, 0.3) is 11.3 Å². The average molecular weight is 270 g/mol. The lowest BCUT2D eigenvalue weighted by Crippen LogP contribution is -2.10. The Morgan fingerprint density at radius 3 is 2.47 bits per heavy atom. The Balaban J connectivity index is 2.60. The van der Waals surface area contributed by atoms with Gasteiger partial charge in [-0.25, -0.2) is 0 Å². The molecule has 2 aromatic rings. The van der Waals surface area contributed by atoms with Crippen LogP contribution in [-0.2, 0) is 12.8 Å². The minimum atomic E-state index is -4.56. The minimum Gasteiger partial charge on any atom is -0.453 e. The van der Waals surface area contributed by atoms with E-state index in [1.54, 1.807) is 0 Å². The molecule has 1 aromatic heterocycles. The standard InChI is InChI=1S/C13H9F3O3/c14-13(15,16)11-3-1-2-9(10(11)7-18)12-5-4-8(6-17)19-12/h1-6,18H,7H2. The summed E-state index contributed by atoms with van der Waals surface area (Å²) in [6.07, 6.45) is -4.11. The molecule has 0 spiro atoms. The van der Waals surface area contributed by atoms with Crippen molar-refractivity contribution in [1.29, 1.82) is 0 Å². The van der Waals surface area contributed by atoms with Crippen molar-refractivity contribution in [3.63, 3.8) is 0 Å². The molecule has 100 valence electrons. The lowest BCUT2D eigenvalue weighted by atomic mass is 9.99. The highest BCUT2D eigenvalue weighted by molar-refractivity contribution is 5.73. The van der Waals surface area contributed by atoms with E-state index >= 15 is 0 Å². The fraction of sp³-hybridized carbons (Fsp3) is 0.154. The van der Waals surface area contributed by atoms with E-state index < -0.39 is 18.3 Å². The van der Waals surface area contributed by atoms with Crippen molar-refractivity contribution in [3.05, 3.63) is 47.2 Å². The van der Waals surface area contributed by atoms with Gasteiger partial charge < -0.3 is 9.52 Å². The fourth-order valence-corrected chi connectivity index (χ4v) is 1.81. The molecule has 0 saturated carbocycles. The molecule has 19 heavy (non-hydrogen) atoms. The summed E-state index contributed by atoms with van der Waals surface area (Å²) < 4.78 is 43.5. The first kappa shape index (κ1) is 13.4. The molecule has 1 aromatic carbocycles. The van der Waals surface area contributed by atoms with E-state index in [0.717, 1.165) is 6.07 Å². The summed E-state index contributed by atoms with van der Waals surface area (Å²) in [4.78, 5) is 10.5. The third-order valence-electron chi connectivity index (χ3n) is 2.65. The molecule has 3 nitrogen and oxygen atoms in total. The Morgan fingerprint density at radius 1 is 1.21 bits per heavy atom. The van der Waals surface area contributed by atoms with Crippen LogP contribution < -0.4 is 0 Å². The van der Waals surface area contributed by atoms with E-state index in [1.165, 1.54) is 24.3 Å². The average Bonchev–Trinajstić information content (AvgIpc) is 2.85. The van der Waals surface area contributed by atoms with Gasteiger partial charge in [-0.3, -0.25) is 4.79 Å². The second-order valence-corrected chi connectivity index (χ2v) is 3.81. The van der Waals surface area contributed by atoms with E-state index in [1.807, 2.05) is 0 Å². The first-order valence-corrected chi connectivity index (χ1v) is 5.32. The van der Waals surface area contributed by atoms with Crippen LogP contribution in [0.3, 0.4) is 0 Å². The Labute approximate surface area is 106 Å². The number of benzene rings is 1. The van der Waals surface area contributed by atoms with Gasteiger partial charge in [0.25, 0.3) is 0 Å². The number of halogens is 3. The molecule has 1 N–H and O–H groups in total. The third-order valence-corrected chi connectivity index (χ3v) is 2.65. The molecule has 2 rings (SSSR count). The maximum absolute atomic E-state index is 12.8. The summed E-state index contributed by atoms with van der Waals surface area (Å²) in [6, 6.07) is 6.25. The number of carbonyl (C=O) groups excluding carboxylic acids is 1. The predicted molar refractivity (Wildman–Crippen MR) is 60.5 cm³/mol. The van der Waals surface area contributed by atoms with Crippen molar-refractivity contribution in [2.45, 2.75) is 12.8 Å². The van der Waals surface area contributed by atoms with Gasteiger partial charge in [0.2, 0.25) is 0 Å². The van der Waals surface area contributed by atoms with Gasteiger partial charge in [0, 0.05) is 11.1 Å². The van der Waals surface area contributed by atoms with Gasteiger partial charge in [0.15, 0.2) is 12.0 Å². The van der Waals surface area contributed by atoms with Gasteiger partial charge in [0.05, 0.1) is 12.2 Å². The summed E-state index contributed by atoms with van der Waals surface area (Å²) in [7, 11) is 0. The second-order valence-electron chi connectivity index (χ2n) is 3.81. The Morgan fingerprint density at radius 2 is 1.95 bits per heavy atom. The van der Waals surface area contributed by atoms with Gasteiger partial charge in [-0.15, -0.1) is 0 Å². The SMILES string of the molecule is O=Cc1ccc(-c2cccc(C(F)(F)F)c2CO)o1. The van der Waals surface area contributed by atoms with Crippen molar-refractivity contribution in [1.82, 2.24) is 0 Å².